The van der Waals surface area contributed by atoms with Crippen LogP contribution in [-0.4, -0.2) is 15.5 Å². The van der Waals surface area contributed by atoms with Gasteiger partial charge in [0, 0.05) is 19.4 Å². The minimum atomic E-state index is -0.153. The zero-order chi connectivity index (χ0) is 13.7. The number of rotatable bonds is 6. The van der Waals surface area contributed by atoms with Crippen molar-refractivity contribution in [1.29, 1.82) is 0 Å². The molecule has 0 spiro atoms. The van der Waals surface area contributed by atoms with Gasteiger partial charge < -0.3 is 4.57 Å². The van der Waals surface area contributed by atoms with Gasteiger partial charge in [0.25, 0.3) is 0 Å². The minimum absolute atomic E-state index is 0.153. The average Bonchev–Trinajstić information content (AvgIpc) is 2.80. The Bertz CT molecular complexity index is 562. The highest BCUT2D eigenvalue weighted by Crippen LogP contribution is 2.18. The molecular formula is C14H20N4O. The van der Waals surface area contributed by atoms with E-state index in [4.69, 9.17) is 5.84 Å². The Morgan fingerprint density at radius 2 is 2.21 bits per heavy atom. The normalized spacial score (nSPS) is 10.8. The number of aromatic nitrogens is 2. The highest BCUT2D eigenvalue weighted by Gasteiger charge is 2.10. The topological polar surface area (TPSA) is 72.9 Å². The van der Waals surface area contributed by atoms with E-state index in [1.807, 2.05) is 24.3 Å². The van der Waals surface area contributed by atoms with Crippen molar-refractivity contribution in [1.82, 2.24) is 15.0 Å². The molecule has 0 aliphatic rings. The van der Waals surface area contributed by atoms with Crippen molar-refractivity contribution in [2.24, 2.45) is 5.84 Å². The van der Waals surface area contributed by atoms with Crippen LogP contribution in [0.25, 0.3) is 11.0 Å². The Labute approximate surface area is 112 Å². The standard InChI is InChI=1S/C14H20N4O/c1-2-3-8-13-16-11-6-4-5-7-12(11)18(13)10-9-14(19)17-15/h4-7H,2-3,8-10,15H2,1H3,(H,17,19). The Morgan fingerprint density at radius 1 is 1.42 bits per heavy atom. The second-order valence-corrected chi connectivity index (χ2v) is 4.59. The van der Waals surface area contributed by atoms with Crippen LogP contribution in [0.1, 0.15) is 32.0 Å². The Balaban J connectivity index is 2.28. The maximum Gasteiger partial charge on any atom is 0.235 e. The van der Waals surface area contributed by atoms with Crippen molar-refractivity contribution in [3.63, 3.8) is 0 Å². The number of hydrogen-bond donors (Lipinski definition) is 2. The van der Waals surface area contributed by atoms with Gasteiger partial charge in [-0.05, 0) is 18.6 Å². The molecule has 0 atom stereocenters. The summed E-state index contributed by atoms with van der Waals surface area (Å²) in [5.41, 5.74) is 4.24. The number of nitrogens with one attached hydrogen (secondary N) is 1. The lowest BCUT2D eigenvalue weighted by Gasteiger charge is -2.08. The van der Waals surface area contributed by atoms with Crippen molar-refractivity contribution >= 4 is 16.9 Å². The van der Waals surface area contributed by atoms with Gasteiger partial charge in [0.05, 0.1) is 11.0 Å². The maximum atomic E-state index is 11.3. The van der Waals surface area contributed by atoms with Gasteiger partial charge in [-0.3, -0.25) is 10.2 Å². The highest BCUT2D eigenvalue weighted by molar-refractivity contribution is 5.77. The number of hydrogen-bond acceptors (Lipinski definition) is 3. The molecule has 0 aliphatic carbocycles. The zero-order valence-corrected chi connectivity index (χ0v) is 11.2. The number of imidazole rings is 1. The van der Waals surface area contributed by atoms with Gasteiger partial charge >= 0.3 is 0 Å². The Morgan fingerprint density at radius 3 is 2.95 bits per heavy atom. The molecule has 1 aromatic carbocycles. The number of carbonyl (C=O) groups excluding carboxylic acids is 1. The molecule has 0 fully saturated rings. The lowest BCUT2D eigenvalue weighted by molar-refractivity contribution is -0.121. The number of unbranched alkanes of at least 4 members (excludes halogenated alkanes) is 1. The first-order valence-corrected chi connectivity index (χ1v) is 6.70. The lowest BCUT2D eigenvalue weighted by atomic mass is 10.2. The van der Waals surface area contributed by atoms with Gasteiger partial charge in [-0.15, -0.1) is 0 Å². The van der Waals surface area contributed by atoms with E-state index in [0.29, 0.717) is 13.0 Å². The molecule has 1 heterocycles. The second kappa shape index (κ2) is 6.33. The van der Waals surface area contributed by atoms with E-state index < -0.39 is 0 Å². The maximum absolute atomic E-state index is 11.3. The molecule has 19 heavy (non-hydrogen) atoms. The number of nitrogens with zero attached hydrogens (tertiary/aromatic N) is 2. The Kier molecular flexibility index (Phi) is 4.52. The van der Waals surface area contributed by atoms with Gasteiger partial charge in [-0.2, -0.15) is 0 Å². The highest BCUT2D eigenvalue weighted by atomic mass is 16.2. The van der Waals surface area contributed by atoms with Crippen LogP contribution < -0.4 is 11.3 Å². The predicted octanol–water partition coefficient (Wildman–Crippen LogP) is 1.76. The third-order valence-electron chi connectivity index (χ3n) is 3.21. The number of amides is 1. The number of hydrazine groups is 1. The minimum Gasteiger partial charge on any atom is -0.327 e. The number of nitrogens with two attached hydrogens (primary N) is 1. The van der Waals surface area contributed by atoms with Crippen molar-refractivity contribution in [3.05, 3.63) is 30.1 Å². The SMILES string of the molecule is CCCCc1nc2ccccc2n1CCC(=O)NN. The van der Waals surface area contributed by atoms with Crippen molar-refractivity contribution < 1.29 is 4.79 Å². The second-order valence-electron chi connectivity index (χ2n) is 4.59. The molecule has 2 rings (SSSR count). The molecule has 0 unspecified atom stereocenters. The lowest BCUT2D eigenvalue weighted by Crippen LogP contribution is -2.30. The van der Waals surface area contributed by atoms with Crippen LogP contribution in [0.2, 0.25) is 0 Å². The summed E-state index contributed by atoms with van der Waals surface area (Å²) in [6, 6.07) is 8.02. The molecule has 5 heteroatoms. The van der Waals surface area contributed by atoms with E-state index in [9.17, 15) is 4.79 Å². The monoisotopic (exact) mass is 260 g/mol. The van der Waals surface area contributed by atoms with Crippen LogP contribution >= 0.6 is 0 Å². The molecule has 1 aromatic heterocycles. The summed E-state index contributed by atoms with van der Waals surface area (Å²) in [6.07, 6.45) is 3.55. The summed E-state index contributed by atoms with van der Waals surface area (Å²) in [5, 5.41) is 0. The van der Waals surface area contributed by atoms with Crippen LogP contribution in [0, 0.1) is 0 Å². The molecule has 1 amide bonds. The van der Waals surface area contributed by atoms with E-state index in [-0.39, 0.29) is 5.91 Å². The third-order valence-corrected chi connectivity index (χ3v) is 3.21. The molecule has 0 radical (unpaired) electrons. The van der Waals surface area contributed by atoms with Crippen LogP contribution in [0.3, 0.4) is 0 Å². The fraction of sp³-hybridized carbons (Fsp3) is 0.429. The number of benzene rings is 1. The summed E-state index contributed by atoms with van der Waals surface area (Å²) in [4.78, 5) is 16.0. The van der Waals surface area contributed by atoms with Gasteiger partial charge in [-0.25, -0.2) is 10.8 Å². The molecule has 0 aliphatic heterocycles. The summed E-state index contributed by atoms with van der Waals surface area (Å²) < 4.78 is 2.13. The quantitative estimate of drug-likeness (QED) is 0.472. The van der Waals surface area contributed by atoms with E-state index >= 15 is 0 Å². The van der Waals surface area contributed by atoms with Crippen LogP contribution in [0.4, 0.5) is 0 Å². The first-order chi connectivity index (χ1) is 9.26. The van der Waals surface area contributed by atoms with Gasteiger partial charge in [0.2, 0.25) is 5.91 Å². The van der Waals surface area contributed by atoms with E-state index in [1.54, 1.807) is 0 Å². The smallest absolute Gasteiger partial charge is 0.235 e. The molecule has 0 saturated carbocycles. The summed E-state index contributed by atoms with van der Waals surface area (Å²) in [5.74, 6) is 6.01. The fourth-order valence-electron chi connectivity index (χ4n) is 2.19. The summed E-state index contributed by atoms with van der Waals surface area (Å²) >= 11 is 0. The molecule has 0 saturated heterocycles. The van der Waals surface area contributed by atoms with E-state index in [0.717, 1.165) is 36.1 Å². The molecule has 0 bridgehead atoms. The van der Waals surface area contributed by atoms with E-state index in [1.165, 1.54) is 0 Å². The number of para-hydroxylation sites is 2. The van der Waals surface area contributed by atoms with Crippen LogP contribution in [0.15, 0.2) is 24.3 Å². The Hall–Kier alpha value is -1.88. The van der Waals surface area contributed by atoms with Crippen LogP contribution in [0.5, 0.6) is 0 Å². The number of carbonyl (C=O) groups is 1. The van der Waals surface area contributed by atoms with Gasteiger partial charge in [0.1, 0.15) is 5.82 Å². The molecular weight excluding hydrogens is 240 g/mol. The van der Waals surface area contributed by atoms with Gasteiger partial charge in [0.15, 0.2) is 0 Å². The first-order valence-electron chi connectivity index (χ1n) is 6.70. The molecule has 3 N–H and O–H groups in total. The molecule has 2 aromatic rings. The number of fused-ring (bicyclic) bond motifs is 1. The third kappa shape index (κ3) is 3.12. The van der Waals surface area contributed by atoms with Crippen molar-refractivity contribution in [3.8, 4) is 0 Å². The summed E-state index contributed by atoms with van der Waals surface area (Å²) in [6.45, 7) is 2.78. The zero-order valence-electron chi connectivity index (χ0n) is 11.2. The van der Waals surface area contributed by atoms with E-state index in [2.05, 4.69) is 21.9 Å². The average molecular weight is 260 g/mol. The fourth-order valence-corrected chi connectivity index (χ4v) is 2.19. The van der Waals surface area contributed by atoms with Crippen molar-refractivity contribution in [2.45, 2.75) is 39.2 Å². The molecule has 102 valence electrons. The number of aryl methyl sites for hydroxylation is 2. The largest absolute Gasteiger partial charge is 0.327 e. The first kappa shape index (κ1) is 13.5. The van der Waals surface area contributed by atoms with Gasteiger partial charge in [-0.1, -0.05) is 25.5 Å². The molecule has 5 nitrogen and oxygen atoms in total. The summed E-state index contributed by atoms with van der Waals surface area (Å²) in [7, 11) is 0. The van der Waals surface area contributed by atoms with Crippen LogP contribution in [-0.2, 0) is 17.8 Å². The predicted molar refractivity (Wildman–Crippen MR) is 75.3 cm³/mol. The van der Waals surface area contributed by atoms with Crippen molar-refractivity contribution in [2.75, 3.05) is 0 Å².